The summed E-state index contributed by atoms with van der Waals surface area (Å²) >= 11 is 5.67. The lowest BCUT2D eigenvalue weighted by atomic mass is 10.1. The van der Waals surface area contributed by atoms with Gasteiger partial charge < -0.3 is 15.3 Å². The van der Waals surface area contributed by atoms with Crippen molar-refractivity contribution >= 4 is 41.0 Å². The number of hydrogen-bond acceptors (Lipinski definition) is 6. The van der Waals surface area contributed by atoms with Gasteiger partial charge in [-0.05, 0) is 73.2 Å². The largest absolute Gasteiger partial charge is 0.417 e. The highest BCUT2D eigenvalue weighted by Gasteiger charge is 2.33. The number of nitrogens with one attached hydrogen (secondary N) is 2. The van der Waals surface area contributed by atoms with Crippen molar-refractivity contribution in [3.05, 3.63) is 87.7 Å². The molecule has 0 radical (unpaired) electrons. The van der Waals surface area contributed by atoms with Gasteiger partial charge in [0.25, 0.3) is 11.8 Å². The standard InChI is InChI=1S/C30H27ClF3N5O3/c31-25-12-10-20(17-24(25)30(32,33)34)19-35-38-28(41)23-18-22(39-14-3-1-4-15-39)11-13-26(23)37-29(42)27-9-6-8-21(36-27)7-2-5-16-40/h6,8-13,17-19,40H,1,3-5,14-16H2,(H,37,42)(H,38,41)/b35-19+. The SMILES string of the molecule is O=C(Nc1ccc(N2CCCCC2)cc1C(=O)N/N=C/c1ccc(Cl)c(C(F)(F)F)c1)c1cccc(C#CCCO)n1. The first-order valence-electron chi connectivity index (χ1n) is 13.1. The number of piperidine rings is 1. The van der Waals surface area contributed by atoms with Crippen molar-refractivity contribution in [2.45, 2.75) is 31.9 Å². The predicted molar refractivity (Wildman–Crippen MR) is 155 cm³/mol. The molecule has 2 heterocycles. The molecule has 0 saturated carbocycles. The molecule has 1 saturated heterocycles. The van der Waals surface area contributed by atoms with Gasteiger partial charge in [0.15, 0.2) is 0 Å². The van der Waals surface area contributed by atoms with Crippen LogP contribution in [0.2, 0.25) is 5.02 Å². The Morgan fingerprint density at radius 1 is 1.07 bits per heavy atom. The Morgan fingerprint density at radius 2 is 1.86 bits per heavy atom. The number of amides is 2. The van der Waals surface area contributed by atoms with Crippen molar-refractivity contribution in [1.82, 2.24) is 10.4 Å². The smallest absolute Gasteiger partial charge is 0.395 e. The molecule has 3 N–H and O–H groups in total. The fourth-order valence-electron chi connectivity index (χ4n) is 4.27. The summed E-state index contributed by atoms with van der Waals surface area (Å²) in [6, 6.07) is 13.1. The van der Waals surface area contributed by atoms with Crippen LogP contribution < -0.4 is 15.6 Å². The lowest BCUT2D eigenvalue weighted by molar-refractivity contribution is -0.137. The molecule has 1 aromatic heterocycles. The highest BCUT2D eigenvalue weighted by atomic mass is 35.5. The average molecular weight is 598 g/mol. The summed E-state index contributed by atoms with van der Waals surface area (Å²) in [5.74, 6) is 4.26. The van der Waals surface area contributed by atoms with Gasteiger partial charge in [0.2, 0.25) is 0 Å². The Hall–Kier alpha value is -4.40. The minimum Gasteiger partial charge on any atom is -0.395 e. The fraction of sp³-hybridized carbons (Fsp3) is 0.267. The maximum absolute atomic E-state index is 13.2. The van der Waals surface area contributed by atoms with Gasteiger partial charge in [-0.1, -0.05) is 29.7 Å². The molecule has 218 valence electrons. The maximum Gasteiger partial charge on any atom is 0.417 e. The number of alkyl halides is 3. The normalized spacial score (nSPS) is 13.4. The zero-order valence-electron chi connectivity index (χ0n) is 22.3. The molecule has 1 fully saturated rings. The van der Waals surface area contributed by atoms with E-state index in [0.29, 0.717) is 5.69 Å². The highest BCUT2D eigenvalue weighted by Crippen LogP contribution is 2.35. The number of rotatable bonds is 7. The van der Waals surface area contributed by atoms with Crippen LogP contribution in [0.3, 0.4) is 0 Å². The van der Waals surface area contributed by atoms with E-state index in [0.717, 1.165) is 56.4 Å². The van der Waals surface area contributed by atoms with E-state index in [1.165, 1.54) is 12.1 Å². The third-order valence-corrected chi connectivity index (χ3v) is 6.66. The van der Waals surface area contributed by atoms with Crippen LogP contribution in [0.5, 0.6) is 0 Å². The maximum atomic E-state index is 13.2. The van der Waals surface area contributed by atoms with Crippen LogP contribution >= 0.6 is 11.6 Å². The summed E-state index contributed by atoms with van der Waals surface area (Å²) in [5.41, 5.74) is 2.89. The fourth-order valence-corrected chi connectivity index (χ4v) is 4.49. The van der Waals surface area contributed by atoms with Crippen molar-refractivity contribution in [2.75, 3.05) is 29.9 Å². The molecule has 12 heteroatoms. The van der Waals surface area contributed by atoms with Crippen LogP contribution in [0.1, 0.15) is 63.4 Å². The monoisotopic (exact) mass is 597 g/mol. The number of anilines is 2. The molecule has 1 aliphatic heterocycles. The zero-order valence-corrected chi connectivity index (χ0v) is 23.1. The van der Waals surface area contributed by atoms with E-state index >= 15 is 0 Å². The molecule has 0 atom stereocenters. The number of nitrogens with zero attached hydrogens (tertiary/aromatic N) is 3. The van der Waals surface area contributed by atoms with E-state index in [-0.39, 0.29) is 35.5 Å². The summed E-state index contributed by atoms with van der Waals surface area (Å²) in [7, 11) is 0. The minimum atomic E-state index is -4.65. The van der Waals surface area contributed by atoms with Crippen molar-refractivity contribution in [3.8, 4) is 11.8 Å². The Balaban J connectivity index is 1.58. The van der Waals surface area contributed by atoms with Crippen LogP contribution in [0.15, 0.2) is 59.7 Å². The lowest BCUT2D eigenvalue weighted by Gasteiger charge is -2.29. The van der Waals surface area contributed by atoms with E-state index in [9.17, 15) is 22.8 Å². The van der Waals surface area contributed by atoms with Crippen LogP contribution in [0.25, 0.3) is 0 Å². The molecule has 4 rings (SSSR count). The number of aromatic nitrogens is 1. The first-order chi connectivity index (χ1) is 20.2. The third kappa shape index (κ3) is 8.09. The first kappa shape index (κ1) is 30.6. The highest BCUT2D eigenvalue weighted by molar-refractivity contribution is 6.31. The molecule has 0 aliphatic carbocycles. The number of pyridine rings is 1. The van der Waals surface area contributed by atoms with Crippen LogP contribution in [-0.4, -0.2) is 47.8 Å². The van der Waals surface area contributed by atoms with Gasteiger partial charge in [-0.15, -0.1) is 0 Å². The minimum absolute atomic E-state index is 0.0680. The Bertz CT molecular complexity index is 1540. The quantitative estimate of drug-likeness (QED) is 0.190. The Kier molecular flexibility index (Phi) is 10.2. The van der Waals surface area contributed by atoms with Crippen LogP contribution in [0, 0.1) is 11.8 Å². The number of benzene rings is 2. The molecular formula is C30H27ClF3N5O3. The predicted octanol–water partition coefficient (Wildman–Crippen LogP) is 5.49. The van der Waals surface area contributed by atoms with Crippen LogP contribution in [-0.2, 0) is 6.18 Å². The molecule has 2 amide bonds. The zero-order chi connectivity index (χ0) is 30.1. The molecule has 8 nitrogen and oxygen atoms in total. The average Bonchev–Trinajstić information content (AvgIpc) is 2.98. The number of carbonyl (C=O) groups is 2. The van der Waals surface area contributed by atoms with Gasteiger partial charge in [0, 0.05) is 25.2 Å². The second-order valence-corrected chi connectivity index (χ2v) is 9.76. The first-order valence-corrected chi connectivity index (χ1v) is 13.5. The van der Waals surface area contributed by atoms with Gasteiger partial charge >= 0.3 is 6.18 Å². The molecule has 42 heavy (non-hydrogen) atoms. The number of carbonyl (C=O) groups excluding carboxylic acids is 2. The van der Waals surface area contributed by atoms with Gasteiger partial charge in [-0.25, -0.2) is 10.4 Å². The molecule has 2 aromatic carbocycles. The van der Waals surface area contributed by atoms with E-state index in [4.69, 9.17) is 16.7 Å². The second-order valence-electron chi connectivity index (χ2n) is 9.35. The molecule has 0 unspecified atom stereocenters. The van der Waals surface area contributed by atoms with Gasteiger partial charge in [0.1, 0.15) is 11.4 Å². The van der Waals surface area contributed by atoms with Crippen molar-refractivity contribution in [1.29, 1.82) is 0 Å². The Morgan fingerprint density at radius 3 is 2.60 bits per heavy atom. The van der Waals surface area contributed by atoms with Gasteiger partial charge in [0.05, 0.1) is 34.7 Å². The summed E-state index contributed by atoms with van der Waals surface area (Å²) in [5, 5.41) is 15.0. The third-order valence-electron chi connectivity index (χ3n) is 6.33. The summed E-state index contributed by atoms with van der Waals surface area (Å²) < 4.78 is 39.6. The summed E-state index contributed by atoms with van der Waals surface area (Å²) in [6.45, 7) is 1.54. The topological polar surface area (TPSA) is 107 Å². The summed E-state index contributed by atoms with van der Waals surface area (Å²) in [4.78, 5) is 32.7. The number of aliphatic hydroxyl groups is 1. The van der Waals surface area contributed by atoms with Gasteiger partial charge in [-0.3, -0.25) is 9.59 Å². The van der Waals surface area contributed by atoms with Crippen molar-refractivity contribution < 1.29 is 27.9 Å². The number of hydrazone groups is 1. The van der Waals surface area contributed by atoms with E-state index in [2.05, 4.69) is 37.6 Å². The van der Waals surface area contributed by atoms with Crippen molar-refractivity contribution in [2.24, 2.45) is 5.10 Å². The molecule has 0 spiro atoms. The molecule has 1 aliphatic rings. The Labute approximate surface area is 245 Å². The van der Waals surface area contributed by atoms with Gasteiger partial charge in [-0.2, -0.15) is 18.3 Å². The lowest BCUT2D eigenvalue weighted by Crippen LogP contribution is -2.30. The number of aliphatic hydroxyl groups excluding tert-OH is 1. The molecular weight excluding hydrogens is 571 g/mol. The van der Waals surface area contributed by atoms with E-state index in [1.54, 1.807) is 30.3 Å². The number of halogens is 4. The molecule has 0 bridgehead atoms. The second kappa shape index (κ2) is 14.0. The molecule has 3 aromatic rings. The summed E-state index contributed by atoms with van der Waals surface area (Å²) in [6.07, 6.45) is -0.174. The van der Waals surface area contributed by atoms with E-state index < -0.39 is 28.6 Å². The van der Waals surface area contributed by atoms with Crippen LogP contribution in [0.4, 0.5) is 24.5 Å². The number of hydrogen-bond donors (Lipinski definition) is 3. The van der Waals surface area contributed by atoms with E-state index in [1.807, 2.05) is 0 Å². The van der Waals surface area contributed by atoms with Crippen molar-refractivity contribution in [3.63, 3.8) is 0 Å².